The van der Waals surface area contributed by atoms with Crippen LogP contribution in [0.25, 0.3) is 0 Å². The van der Waals surface area contributed by atoms with Gasteiger partial charge in [0.05, 0.1) is 18.6 Å². The lowest BCUT2D eigenvalue weighted by molar-refractivity contribution is -0.250. The van der Waals surface area contributed by atoms with Gasteiger partial charge < -0.3 is 19.3 Å². The molecular weight excluding hydrogens is 412 g/mol. The maximum atomic E-state index is 12.6. The van der Waals surface area contributed by atoms with E-state index in [-0.39, 0.29) is 47.4 Å². The maximum Gasteiger partial charge on any atom is 0.309 e. The van der Waals surface area contributed by atoms with Crippen LogP contribution in [0.3, 0.4) is 0 Å². The van der Waals surface area contributed by atoms with Crippen molar-refractivity contribution < 1.29 is 33.7 Å². The zero-order valence-corrected chi connectivity index (χ0v) is 20.0. The highest BCUT2D eigenvalue weighted by molar-refractivity contribution is 5.74. The Hall–Kier alpha value is -1.63. The van der Waals surface area contributed by atoms with Gasteiger partial charge in [0.15, 0.2) is 0 Å². The summed E-state index contributed by atoms with van der Waals surface area (Å²) in [4.78, 5) is 36.3. The Kier molecular flexibility index (Phi) is 5.88. The third-order valence-corrected chi connectivity index (χ3v) is 9.85. The summed E-state index contributed by atoms with van der Waals surface area (Å²) in [5, 5.41) is 12.2. The van der Waals surface area contributed by atoms with Gasteiger partial charge in [0.1, 0.15) is 12.2 Å². The van der Waals surface area contributed by atoms with E-state index in [1.807, 2.05) is 6.92 Å². The summed E-state index contributed by atoms with van der Waals surface area (Å²) in [6.07, 6.45) is 5.39. The summed E-state index contributed by atoms with van der Waals surface area (Å²) < 4.78 is 16.6. The smallest absolute Gasteiger partial charge is 0.309 e. The predicted octanol–water partition coefficient (Wildman–Crippen LogP) is 3.41. The molecule has 0 aromatic rings. The molecule has 1 N–H and O–H groups in total. The maximum absolute atomic E-state index is 12.6. The van der Waals surface area contributed by atoms with Crippen molar-refractivity contribution >= 4 is 17.9 Å². The van der Waals surface area contributed by atoms with Crippen LogP contribution in [-0.2, 0) is 28.6 Å². The van der Waals surface area contributed by atoms with Gasteiger partial charge in [0, 0.05) is 25.2 Å². The molecular formula is C25H38O7. The normalized spacial score (nSPS) is 47.4. The molecule has 7 nitrogen and oxygen atoms in total. The predicted molar refractivity (Wildman–Crippen MR) is 115 cm³/mol. The molecule has 2 unspecified atom stereocenters. The summed E-state index contributed by atoms with van der Waals surface area (Å²) >= 11 is 0. The Morgan fingerprint density at radius 2 is 1.62 bits per heavy atom. The van der Waals surface area contributed by atoms with Gasteiger partial charge in [-0.15, -0.1) is 0 Å². The van der Waals surface area contributed by atoms with Crippen molar-refractivity contribution in [3.63, 3.8) is 0 Å². The fourth-order valence-corrected chi connectivity index (χ4v) is 8.44. The third kappa shape index (κ3) is 3.37. The summed E-state index contributed by atoms with van der Waals surface area (Å²) in [5.41, 5.74) is -1.81. The van der Waals surface area contributed by atoms with Crippen LogP contribution in [0.5, 0.6) is 0 Å². The second-order valence-electron chi connectivity index (χ2n) is 11.2. The van der Waals surface area contributed by atoms with Crippen LogP contribution in [0.15, 0.2) is 0 Å². The van der Waals surface area contributed by atoms with Gasteiger partial charge in [0.2, 0.25) is 0 Å². The number of hydrogen-bond donors (Lipinski definition) is 1. The molecule has 32 heavy (non-hydrogen) atoms. The van der Waals surface area contributed by atoms with Gasteiger partial charge in [-0.2, -0.15) is 0 Å². The third-order valence-electron chi connectivity index (χ3n) is 9.85. The number of methoxy groups -OCH3 is 1. The van der Waals surface area contributed by atoms with Gasteiger partial charge in [-0.05, 0) is 68.6 Å². The van der Waals surface area contributed by atoms with Crippen LogP contribution in [-0.4, -0.2) is 47.9 Å². The van der Waals surface area contributed by atoms with Crippen molar-refractivity contribution in [2.45, 2.75) is 96.9 Å². The lowest BCUT2D eigenvalue weighted by atomic mass is 9.42. The van der Waals surface area contributed by atoms with Crippen molar-refractivity contribution in [3.8, 4) is 0 Å². The molecule has 0 radical (unpaired) electrons. The average Bonchev–Trinajstić information content (AvgIpc) is 2.98. The van der Waals surface area contributed by atoms with Crippen molar-refractivity contribution in [1.29, 1.82) is 0 Å². The number of hydrogen-bond acceptors (Lipinski definition) is 7. The SMILES string of the molecule is COC(=O)[C@H]1CC[C@]2(O)C3CC[C@@H]4C[C@@H](OC(C)=O)CC[C@]4(C)C3[C@H](OC(C)=O)C[C@]12C. The number of fused-ring (bicyclic) bond motifs is 5. The molecule has 0 aliphatic heterocycles. The fraction of sp³-hybridized carbons (Fsp3) is 0.880. The minimum Gasteiger partial charge on any atom is -0.469 e. The molecule has 4 rings (SSSR count). The van der Waals surface area contributed by atoms with E-state index >= 15 is 0 Å². The minimum atomic E-state index is -0.992. The minimum absolute atomic E-state index is 0.0119. The quantitative estimate of drug-likeness (QED) is 0.520. The van der Waals surface area contributed by atoms with Crippen LogP contribution >= 0.6 is 0 Å². The zero-order valence-electron chi connectivity index (χ0n) is 20.0. The molecule has 0 aromatic heterocycles. The van der Waals surface area contributed by atoms with E-state index in [4.69, 9.17) is 14.2 Å². The number of carbonyl (C=O) groups excluding carboxylic acids is 3. The van der Waals surface area contributed by atoms with Crippen molar-refractivity contribution in [2.75, 3.05) is 7.11 Å². The molecule has 7 heteroatoms. The summed E-state index contributed by atoms with van der Waals surface area (Å²) in [7, 11) is 1.39. The highest BCUT2D eigenvalue weighted by Gasteiger charge is 2.71. The van der Waals surface area contributed by atoms with Crippen molar-refractivity contribution in [3.05, 3.63) is 0 Å². The Morgan fingerprint density at radius 1 is 0.938 bits per heavy atom. The van der Waals surface area contributed by atoms with Crippen LogP contribution in [0.1, 0.15) is 79.1 Å². The standard InChI is InChI=1S/C25H38O7/c1-14(26)31-17-8-10-23(3)16(12-17)6-7-18-21(23)20(32-15(2)27)13-24(4)19(22(28)30-5)9-11-25(18,24)29/h16-21,29H,6-13H2,1-5H3/t16-,17+,18?,19-,20-,21?,23+,24-,25+/m1/s1. The van der Waals surface area contributed by atoms with E-state index in [0.717, 1.165) is 32.1 Å². The first-order chi connectivity index (χ1) is 15.0. The second-order valence-corrected chi connectivity index (χ2v) is 11.2. The Morgan fingerprint density at radius 3 is 2.25 bits per heavy atom. The van der Waals surface area contributed by atoms with E-state index in [1.54, 1.807) is 0 Å². The summed E-state index contributed by atoms with van der Waals surface area (Å²) in [6.45, 7) is 7.15. The van der Waals surface area contributed by atoms with Gasteiger partial charge in [-0.3, -0.25) is 14.4 Å². The number of ether oxygens (including phenoxy) is 3. The van der Waals surface area contributed by atoms with E-state index in [2.05, 4.69) is 6.92 Å². The summed E-state index contributed by atoms with van der Waals surface area (Å²) in [6, 6.07) is 0. The zero-order chi connectivity index (χ0) is 23.5. The molecule has 4 aliphatic rings. The molecule has 0 bridgehead atoms. The Labute approximate surface area is 190 Å². The van der Waals surface area contributed by atoms with Gasteiger partial charge in [-0.1, -0.05) is 13.8 Å². The first kappa shape index (κ1) is 23.5. The number of rotatable bonds is 3. The molecule has 4 saturated carbocycles. The van der Waals surface area contributed by atoms with Gasteiger partial charge in [0.25, 0.3) is 0 Å². The molecule has 180 valence electrons. The lowest BCUT2D eigenvalue weighted by Gasteiger charge is -2.65. The molecule has 9 atom stereocenters. The molecule has 0 saturated heterocycles. The van der Waals surface area contributed by atoms with Crippen LogP contribution in [0.2, 0.25) is 0 Å². The first-order valence-corrected chi connectivity index (χ1v) is 12.1. The highest BCUT2D eigenvalue weighted by Crippen LogP contribution is 2.69. The molecule has 0 spiro atoms. The van der Waals surface area contributed by atoms with Crippen LogP contribution in [0, 0.1) is 34.5 Å². The lowest BCUT2D eigenvalue weighted by Crippen LogP contribution is -2.67. The Balaban J connectivity index is 1.70. The number of carbonyl (C=O) groups is 3. The topological polar surface area (TPSA) is 99.1 Å². The molecule has 0 aromatic carbocycles. The molecule has 0 heterocycles. The fourth-order valence-electron chi connectivity index (χ4n) is 8.44. The number of aliphatic hydroxyl groups is 1. The first-order valence-electron chi connectivity index (χ1n) is 12.1. The largest absolute Gasteiger partial charge is 0.469 e. The van der Waals surface area contributed by atoms with E-state index < -0.39 is 16.9 Å². The van der Waals surface area contributed by atoms with Crippen molar-refractivity contribution in [2.24, 2.45) is 34.5 Å². The Bertz CT molecular complexity index is 795. The van der Waals surface area contributed by atoms with E-state index in [0.29, 0.717) is 25.2 Å². The van der Waals surface area contributed by atoms with Gasteiger partial charge >= 0.3 is 17.9 Å². The van der Waals surface area contributed by atoms with E-state index in [9.17, 15) is 19.5 Å². The highest BCUT2D eigenvalue weighted by atomic mass is 16.5. The monoisotopic (exact) mass is 450 g/mol. The van der Waals surface area contributed by atoms with Gasteiger partial charge in [-0.25, -0.2) is 0 Å². The number of esters is 3. The molecule has 4 aliphatic carbocycles. The molecule has 4 fully saturated rings. The average molecular weight is 451 g/mol. The summed E-state index contributed by atoms with van der Waals surface area (Å²) in [5.74, 6) is -0.954. The second kappa shape index (κ2) is 8.00. The van der Waals surface area contributed by atoms with Crippen LogP contribution in [0.4, 0.5) is 0 Å². The molecule has 0 amide bonds. The van der Waals surface area contributed by atoms with Crippen LogP contribution < -0.4 is 0 Å². The van der Waals surface area contributed by atoms with Crippen molar-refractivity contribution in [1.82, 2.24) is 0 Å². The van der Waals surface area contributed by atoms with E-state index in [1.165, 1.54) is 21.0 Å².